The lowest BCUT2D eigenvalue weighted by Gasteiger charge is -2.58. The summed E-state index contributed by atoms with van der Waals surface area (Å²) in [7, 11) is -1.05. The summed E-state index contributed by atoms with van der Waals surface area (Å²) in [6.07, 6.45) is 0.753. The average molecular weight is 310 g/mol. The molecule has 0 N–H and O–H groups in total. The van der Waals surface area contributed by atoms with Crippen molar-refractivity contribution in [2.45, 2.75) is 50.3 Å². The Bertz CT molecular complexity index is 588. The molecule has 4 heteroatoms. The lowest BCUT2D eigenvalue weighted by atomic mass is 9.65. The van der Waals surface area contributed by atoms with Crippen molar-refractivity contribution in [3.63, 3.8) is 0 Å². The van der Waals surface area contributed by atoms with Gasteiger partial charge in [-0.25, -0.2) is 8.42 Å². The first-order valence-electron chi connectivity index (χ1n) is 7.82. The van der Waals surface area contributed by atoms with Crippen molar-refractivity contribution in [1.29, 1.82) is 0 Å². The summed E-state index contributed by atoms with van der Waals surface area (Å²) in [6, 6.07) is 9.08. The highest BCUT2D eigenvalue weighted by Gasteiger charge is 2.61. The molecule has 0 amide bonds. The number of hydrogen-bond acceptors (Lipinski definition) is 2. The first-order chi connectivity index (χ1) is 9.69. The Morgan fingerprint density at radius 3 is 2.10 bits per heavy atom. The maximum absolute atomic E-state index is 13.0. The van der Waals surface area contributed by atoms with E-state index in [0.29, 0.717) is 4.90 Å². The Kier molecular flexibility index (Phi) is 4.24. The van der Waals surface area contributed by atoms with E-state index in [1.54, 1.807) is 24.3 Å². The number of quaternary nitrogens is 1. The zero-order valence-corrected chi connectivity index (χ0v) is 14.7. The fourth-order valence-electron chi connectivity index (χ4n) is 4.02. The van der Waals surface area contributed by atoms with E-state index in [0.717, 1.165) is 24.0 Å². The third-order valence-electron chi connectivity index (χ3n) is 5.47. The van der Waals surface area contributed by atoms with E-state index in [9.17, 15) is 8.42 Å². The van der Waals surface area contributed by atoms with E-state index >= 15 is 0 Å². The summed E-state index contributed by atoms with van der Waals surface area (Å²) in [5.74, 6) is 0. The normalized spacial score (nSPS) is 25.4. The predicted octanol–water partition coefficient (Wildman–Crippen LogP) is 3.11. The van der Waals surface area contributed by atoms with Gasteiger partial charge < -0.3 is 4.48 Å². The molecule has 0 radical (unpaired) electrons. The molecule has 21 heavy (non-hydrogen) atoms. The molecular formula is C17H28NO2S+. The topological polar surface area (TPSA) is 34.1 Å². The van der Waals surface area contributed by atoms with Gasteiger partial charge in [0.1, 0.15) is 11.3 Å². The van der Waals surface area contributed by atoms with Gasteiger partial charge in [0.25, 0.3) is 0 Å². The van der Waals surface area contributed by atoms with Crippen molar-refractivity contribution < 1.29 is 12.9 Å². The van der Waals surface area contributed by atoms with Crippen LogP contribution >= 0.6 is 0 Å². The molecule has 0 heterocycles. The van der Waals surface area contributed by atoms with Crippen LogP contribution in [0, 0.1) is 5.41 Å². The summed E-state index contributed by atoms with van der Waals surface area (Å²) in [6.45, 7) is 10.7. The minimum atomic E-state index is -3.24. The van der Waals surface area contributed by atoms with Crippen LogP contribution in [-0.2, 0) is 9.84 Å². The van der Waals surface area contributed by atoms with Crippen LogP contribution < -0.4 is 0 Å². The second-order valence-corrected chi connectivity index (χ2v) is 9.31. The van der Waals surface area contributed by atoms with Crippen LogP contribution in [0.4, 0.5) is 0 Å². The Balaban J connectivity index is 2.41. The lowest BCUT2D eigenvalue weighted by Crippen LogP contribution is -2.71. The zero-order valence-electron chi connectivity index (χ0n) is 13.8. The SMILES string of the molecule is CC[N+](C)(CC)C1C(S(=O)(=O)c2ccccc2)CC1(C)C. The van der Waals surface area contributed by atoms with Gasteiger partial charge in [-0.15, -0.1) is 0 Å². The third kappa shape index (κ3) is 2.64. The van der Waals surface area contributed by atoms with E-state index in [-0.39, 0.29) is 16.7 Å². The Labute approximate surface area is 129 Å². The van der Waals surface area contributed by atoms with Crippen molar-refractivity contribution in [2.24, 2.45) is 5.41 Å². The monoisotopic (exact) mass is 310 g/mol. The summed E-state index contributed by atoms with van der Waals surface area (Å²) < 4.78 is 26.8. The molecule has 0 saturated heterocycles. The van der Waals surface area contributed by atoms with Gasteiger partial charge in [0.15, 0.2) is 9.84 Å². The molecular weight excluding hydrogens is 282 g/mol. The van der Waals surface area contributed by atoms with Crippen molar-refractivity contribution in [2.75, 3.05) is 20.1 Å². The Morgan fingerprint density at radius 2 is 1.67 bits per heavy atom. The van der Waals surface area contributed by atoms with Gasteiger partial charge in [0.2, 0.25) is 0 Å². The minimum Gasteiger partial charge on any atom is -0.323 e. The van der Waals surface area contributed by atoms with E-state index < -0.39 is 9.84 Å². The number of sulfone groups is 1. The predicted molar refractivity (Wildman–Crippen MR) is 86.9 cm³/mol. The maximum atomic E-state index is 13.0. The molecule has 1 aliphatic rings. The van der Waals surface area contributed by atoms with Gasteiger partial charge >= 0.3 is 0 Å². The minimum absolute atomic E-state index is 0.0767. The molecule has 3 nitrogen and oxygen atoms in total. The number of benzene rings is 1. The first kappa shape index (κ1) is 16.5. The van der Waals surface area contributed by atoms with Crippen LogP contribution in [-0.4, -0.2) is 44.3 Å². The molecule has 1 aromatic carbocycles. The third-order valence-corrected chi connectivity index (χ3v) is 7.62. The van der Waals surface area contributed by atoms with Gasteiger partial charge in [0.05, 0.1) is 25.0 Å². The van der Waals surface area contributed by atoms with Gasteiger partial charge in [0, 0.05) is 5.41 Å². The van der Waals surface area contributed by atoms with Crippen LogP contribution in [0.3, 0.4) is 0 Å². The van der Waals surface area contributed by atoms with E-state index in [1.165, 1.54) is 0 Å². The molecule has 0 bridgehead atoms. The fourth-order valence-corrected chi connectivity index (χ4v) is 6.56. The molecule has 0 spiro atoms. The summed E-state index contributed by atoms with van der Waals surface area (Å²) in [5, 5.41) is -0.264. The van der Waals surface area contributed by atoms with E-state index in [4.69, 9.17) is 0 Å². The van der Waals surface area contributed by atoms with Crippen molar-refractivity contribution in [3.05, 3.63) is 30.3 Å². The van der Waals surface area contributed by atoms with Crippen molar-refractivity contribution >= 4 is 9.84 Å². The second-order valence-electron chi connectivity index (χ2n) is 7.15. The zero-order chi connectivity index (χ0) is 15.9. The van der Waals surface area contributed by atoms with E-state index in [1.807, 2.05) is 6.07 Å². The highest BCUT2D eigenvalue weighted by Crippen LogP contribution is 2.50. The van der Waals surface area contributed by atoms with Crippen molar-refractivity contribution in [1.82, 2.24) is 0 Å². The number of nitrogens with zero attached hydrogens (tertiary/aromatic N) is 1. The van der Waals surface area contributed by atoms with Crippen LogP contribution in [0.1, 0.15) is 34.1 Å². The standard InChI is InChI=1S/C17H28NO2S/c1-6-18(5,7-2)16-15(13-17(16,3)4)21(19,20)14-11-9-8-10-12-14/h8-12,15-16H,6-7,13H2,1-5H3/q+1. The summed E-state index contributed by atoms with van der Waals surface area (Å²) >= 11 is 0. The number of rotatable bonds is 5. The molecule has 2 unspecified atom stereocenters. The molecule has 1 aliphatic carbocycles. The molecule has 2 atom stereocenters. The van der Waals surface area contributed by atoms with Crippen LogP contribution in [0.2, 0.25) is 0 Å². The highest BCUT2D eigenvalue weighted by atomic mass is 32.2. The molecule has 2 rings (SSSR count). The van der Waals surface area contributed by atoms with Gasteiger partial charge in [-0.3, -0.25) is 0 Å². The molecule has 1 aromatic rings. The maximum Gasteiger partial charge on any atom is 0.187 e. The molecule has 1 fully saturated rings. The fraction of sp³-hybridized carbons (Fsp3) is 0.647. The van der Waals surface area contributed by atoms with Gasteiger partial charge in [-0.05, 0) is 32.4 Å². The molecule has 1 saturated carbocycles. The smallest absolute Gasteiger partial charge is 0.187 e. The summed E-state index contributed by atoms with van der Waals surface area (Å²) in [5.41, 5.74) is 0.0767. The molecule has 118 valence electrons. The second kappa shape index (κ2) is 5.40. The highest BCUT2D eigenvalue weighted by molar-refractivity contribution is 7.92. The summed E-state index contributed by atoms with van der Waals surface area (Å²) in [4.78, 5) is 0.467. The van der Waals surface area contributed by atoms with Crippen LogP contribution in [0.25, 0.3) is 0 Å². The molecule has 0 aromatic heterocycles. The van der Waals surface area contributed by atoms with Gasteiger partial charge in [-0.1, -0.05) is 32.0 Å². The Hall–Kier alpha value is -0.870. The van der Waals surface area contributed by atoms with Crippen LogP contribution in [0.5, 0.6) is 0 Å². The van der Waals surface area contributed by atoms with Crippen molar-refractivity contribution in [3.8, 4) is 0 Å². The van der Waals surface area contributed by atoms with Gasteiger partial charge in [-0.2, -0.15) is 0 Å². The average Bonchev–Trinajstić information content (AvgIpc) is 2.45. The van der Waals surface area contributed by atoms with Crippen LogP contribution in [0.15, 0.2) is 35.2 Å². The first-order valence-corrected chi connectivity index (χ1v) is 9.37. The lowest BCUT2D eigenvalue weighted by molar-refractivity contribution is -0.943. The molecule has 0 aliphatic heterocycles. The number of hydrogen-bond donors (Lipinski definition) is 0. The Morgan fingerprint density at radius 1 is 1.14 bits per heavy atom. The quantitative estimate of drug-likeness (QED) is 0.783. The van der Waals surface area contributed by atoms with E-state index in [2.05, 4.69) is 34.7 Å². The largest absolute Gasteiger partial charge is 0.323 e.